The van der Waals surface area contributed by atoms with Crippen molar-refractivity contribution in [3.05, 3.63) is 17.5 Å². The first kappa shape index (κ1) is 24.6. The number of hydrogen-bond donors (Lipinski definition) is 2. The molecule has 0 aliphatic heterocycles. The lowest BCUT2D eigenvalue weighted by Crippen LogP contribution is -2.28. The fourth-order valence-corrected chi connectivity index (χ4v) is 3.45. The number of esters is 1. The Bertz CT molecular complexity index is 554. The van der Waals surface area contributed by atoms with Crippen molar-refractivity contribution in [2.75, 3.05) is 33.8 Å². The third kappa shape index (κ3) is 7.55. The highest BCUT2D eigenvalue weighted by atomic mass is 16.5. The number of likely N-dealkylation sites (N-methyl/N-ethyl adjacent to an activating group) is 2. The predicted molar refractivity (Wildman–Crippen MR) is 115 cm³/mol. The van der Waals surface area contributed by atoms with E-state index < -0.39 is 0 Å². The molecule has 0 aliphatic carbocycles. The molecule has 0 aromatic carbocycles. The van der Waals surface area contributed by atoms with Gasteiger partial charge in [-0.15, -0.1) is 0 Å². The number of nitrogens with one attached hydrogen (secondary N) is 2. The van der Waals surface area contributed by atoms with Crippen LogP contribution in [0.25, 0.3) is 0 Å². The molecule has 1 unspecified atom stereocenters. The molecule has 2 N–H and O–H groups in total. The minimum absolute atomic E-state index is 0.0591. The predicted octanol–water partition coefficient (Wildman–Crippen LogP) is 4.09. The van der Waals surface area contributed by atoms with Crippen LogP contribution < -0.4 is 5.32 Å². The third-order valence-electron chi connectivity index (χ3n) is 5.94. The average Bonchev–Trinajstić information content (AvgIpc) is 3.15. The summed E-state index contributed by atoms with van der Waals surface area (Å²) in [6.07, 6.45) is 7.76. The monoisotopic (exact) mass is 394 g/mol. The van der Waals surface area contributed by atoms with Crippen molar-refractivity contribution in [2.24, 2.45) is 5.41 Å². The van der Waals surface area contributed by atoms with E-state index in [9.17, 15) is 4.79 Å². The fraction of sp³-hybridized carbons (Fsp3) is 0.818. The van der Waals surface area contributed by atoms with Crippen molar-refractivity contribution >= 4 is 5.97 Å². The third-order valence-corrected chi connectivity index (χ3v) is 5.94. The van der Waals surface area contributed by atoms with Gasteiger partial charge in [0.2, 0.25) is 0 Å². The Balaban J connectivity index is 2.60. The Morgan fingerprint density at radius 3 is 2.64 bits per heavy atom. The summed E-state index contributed by atoms with van der Waals surface area (Å²) < 4.78 is 5.59. The number of hydrogen-bond acceptors (Lipinski definition) is 5. The normalized spacial score (nSPS) is 13.1. The molecule has 1 aromatic rings. The van der Waals surface area contributed by atoms with Gasteiger partial charge in [-0.3, -0.25) is 9.89 Å². The van der Waals surface area contributed by atoms with Crippen LogP contribution in [0, 0.1) is 5.41 Å². The van der Waals surface area contributed by atoms with Gasteiger partial charge < -0.3 is 15.0 Å². The van der Waals surface area contributed by atoms with E-state index in [0.717, 1.165) is 58.2 Å². The molecule has 0 amide bonds. The lowest BCUT2D eigenvalue weighted by atomic mass is 9.85. The van der Waals surface area contributed by atoms with E-state index >= 15 is 0 Å². The number of carbonyl (C=O) groups is 1. The van der Waals surface area contributed by atoms with Gasteiger partial charge in [-0.25, -0.2) is 0 Å². The number of rotatable bonds is 15. The van der Waals surface area contributed by atoms with Crippen molar-refractivity contribution in [2.45, 2.75) is 78.7 Å². The van der Waals surface area contributed by atoms with Gasteiger partial charge in [-0.2, -0.15) is 5.10 Å². The topological polar surface area (TPSA) is 70.2 Å². The van der Waals surface area contributed by atoms with E-state index in [1.807, 2.05) is 20.2 Å². The zero-order chi connectivity index (χ0) is 21.0. The van der Waals surface area contributed by atoms with Crippen LogP contribution in [0.1, 0.15) is 83.4 Å². The second-order valence-corrected chi connectivity index (χ2v) is 8.17. The van der Waals surface area contributed by atoms with Crippen LogP contribution in [0.2, 0.25) is 0 Å². The number of H-pyrrole nitrogens is 1. The Morgan fingerprint density at radius 2 is 2.04 bits per heavy atom. The molecule has 6 heteroatoms. The first-order valence-electron chi connectivity index (χ1n) is 10.9. The molecule has 0 saturated heterocycles. The minimum atomic E-state index is -0.351. The summed E-state index contributed by atoms with van der Waals surface area (Å²) >= 11 is 0. The van der Waals surface area contributed by atoms with E-state index in [4.69, 9.17) is 4.74 Å². The molecule has 162 valence electrons. The van der Waals surface area contributed by atoms with E-state index in [1.54, 1.807) is 0 Å². The average molecular weight is 395 g/mol. The van der Waals surface area contributed by atoms with Gasteiger partial charge in [0.1, 0.15) is 0 Å². The lowest BCUT2D eigenvalue weighted by Gasteiger charge is -2.24. The summed E-state index contributed by atoms with van der Waals surface area (Å²) in [6, 6.07) is 0. The molecule has 1 heterocycles. The molecule has 0 saturated carbocycles. The molecule has 0 spiro atoms. The van der Waals surface area contributed by atoms with Crippen molar-refractivity contribution in [3.8, 4) is 0 Å². The fourth-order valence-electron chi connectivity index (χ4n) is 3.45. The quantitative estimate of drug-likeness (QED) is 0.346. The molecular formula is C22H42N4O2. The Hall–Kier alpha value is -1.40. The van der Waals surface area contributed by atoms with Gasteiger partial charge in [0.25, 0.3) is 0 Å². The summed E-state index contributed by atoms with van der Waals surface area (Å²) in [4.78, 5) is 14.6. The summed E-state index contributed by atoms with van der Waals surface area (Å²) in [5.41, 5.74) is 2.10. The van der Waals surface area contributed by atoms with Gasteiger partial charge in [-0.1, -0.05) is 27.2 Å². The molecular weight excluding hydrogens is 352 g/mol. The summed E-state index contributed by atoms with van der Waals surface area (Å²) in [7, 11) is 4.12. The van der Waals surface area contributed by atoms with Crippen molar-refractivity contribution in [3.63, 3.8) is 0 Å². The van der Waals surface area contributed by atoms with Gasteiger partial charge in [0.15, 0.2) is 0 Å². The van der Waals surface area contributed by atoms with Crippen LogP contribution >= 0.6 is 0 Å². The van der Waals surface area contributed by atoms with Crippen LogP contribution in [0.15, 0.2) is 6.20 Å². The second kappa shape index (κ2) is 12.9. The number of aromatic nitrogens is 2. The maximum absolute atomic E-state index is 12.3. The van der Waals surface area contributed by atoms with Crippen LogP contribution in [0.4, 0.5) is 0 Å². The van der Waals surface area contributed by atoms with Gasteiger partial charge in [0, 0.05) is 37.3 Å². The van der Waals surface area contributed by atoms with Crippen molar-refractivity contribution in [1.82, 2.24) is 20.4 Å². The van der Waals surface area contributed by atoms with E-state index in [1.165, 1.54) is 11.3 Å². The molecule has 28 heavy (non-hydrogen) atoms. The summed E-state index contributed by atoms with van der Waals surface area (Å²) in [5.74, 6) is 0.350. The van der Waals surface area contributed by atoms with Crippen LogP contribution in [-0.2, 0) is 16.1 Å². The number of nitrogens with zero attached hydrogens (tertiary/aromatic N) is 2. The number of aromatic amines is 1. The van der Waals surface area contributed by atoms with E-state index in [2.05, 4.69) is 48.2 Å². The van der Waals surface area contributed by atoms with Gasteiger partial charge in [-0.05, 0) is 53.1 Å². The summed E-state index contributed by atoms with van der Waals surface area (Å²) in [6.45, 7) is 11.7. The van der Waals surface area contributed by atoms with Crippen LogP contribution in [0.3, 0.4) is 0 Å². The molecule has 0 radical (unpaired) electrons. The Kier molecular flexibility index (Phi) is 11.4. The highest BCUT2D eigenvalue weighted by Crippen LogP contribution is 2.29. The largest absolute Gasteiger partial charge is 0.465 e. The highest BCUT2D eigenvalue weighted by Gasteiger charge is 2.30. The minimum Gasteiger partial charge on any atom is -0.465 e. The highest BCUT2D eigenvalue weighted by molar-refractivity contribution is 5.76. The SMILES string of the molecule is CCCC(CCCOC(=O)C(C)(CC)CC)c1n[nH]cc1CN(C)CCNC. The zero-order valence-electron chi connectivity index (χ0n) is 18.9. The van der Waals surface area contributed by atoms with Crippen molar-refractivity contribution in [1.29, 1.82) is 0 Å². The maximum Gasteiger partial charge on any atom is 0.311 e. The Labute approximate surface area is 171 Å². The Morgan fingerprint density at radius 1 is 1.32 bits per heavy atom. The van der Waals surface area contributed by atoms with Gasteiger partial charge in [0.05, 0.1) is 17.7 Å². The lowest BCUT2D eigenvalue weighted by molar-refractivity contribution is -0.155. The van der Waals surface area contributed by atoms with E-state index in [-0.39, 0.29) is 11.4 Å². The molecule has 1 rings (SSSR count). The second-order valence-electron chi connectivity index (χ2n) is 8.17. The summed E-state index contributed by atoms with van der Waals surface area (Å²) in [5, 5.41) is 10.8. The number of carbonyl (C=O) groups excluding carboxylic acids is 1. The van der Waals surface area contributed by atoms with Crippen molar-refractivity contribution < 1.29 is 9.53 Å². The molecule has 6 nitrogen and oxygen atoms in total. The van der Waals surface area contributed by atoms with Crippen LogP contribution in [-0.4, -0.2) is 54.9 Å². The smallest absolute Gasteiger partial charge is 0.311 e. The first-order chi connectivity index (χ1) is 13.4. The number of ether oxygens (including phenoxy) is 1. The van der Waals surface area contributed by atoms with Gasteiger partial charge >= 0.3 is 5.97 Å². The molecule has 1 aromatic heterocycles. The standard InChI is InChI=1S/C22H42N4O2/c1-7-11-18(12-10-15-28-21(27)22(4,8-2)9-3)20-19(16-24-25-20)17-26(6)14-13-23-5/h16,18,23H,7-15,17H2,1-6H3,(H,24,25). The maximum atomic E-state index is 12.3. The molecule has 0 bridgehead atoms. The molecule has 1 atom stereocenters. The molecule has 0 aliphatic rings. The van der Waals surface area contributed by atoms with E-state index in [0.29, 0.717) is 12.5 Å². The first-order valence-corrected chi connectivity index (χ1v) is 10.9. The zero-order valence-corrected chi connectivity index (χ0v) is 18.9. The van der Waals surface area contributed by atoms with Crippen LogP contribution in [0.5, 0.6) is 0 Å². The molecule has 0 fully saturated rings.